The van der Waals surface area contributed by atoms with Gasteiger partial charge >= 0.3 is 0 Å². The molecular formula is C36H21BN2. The first-order valence-corrected chi connectivity index (χ1v) is 13.7. The van der Waals surface area contributed by atoms with Gasteiger partial charge < -0.3 is 9.13 Å². The fourth-order valence-corrected chi connectivity index (χ4v) is 7.68. The first-order chi connectivity index (χ1) is 19.4. The van der Waals surface area contributed by atoms with E-state index in [1.807, 2.05) is 0 Å². The highest BCUT2D eigenvalue weighted by Crippen LogP contribution is 2.42. The molecule has 0 atom stereocenters. The van der Waals surface area contributed by atoms with E-state index in [4.69, 9.17) is 0 Å². The van der Waals surface area contributed by atoms with Gasteiger partial charge in [0, 0.05) is 44.0 Å². The Morgan fingerprint density at radius 3 is 2.03 bits per heavy atom. The van der Waals surface area contributed by atoms with E-state index in [0.717, 1.165) is 0 Å². The van der Waals surface area contributed by atoms with Gasteiger partial charge in [-0.3, -0.25) is 0 Å². The number of rotatable bonds is 1. The summed E-state index contributed by atoms with van der Waals surface area (Å²) >= 11 is 0. The van der Waals surface area contributed by atoms with Crippen LogP contribution in [0, 0.1) is 0 Å². The van der Waals surface area contributed by atoms with Gasteiger partial charge in [0.2, 0.25) is 0 Å². The number of fused-ring (bicyclic) bond motifs is 11. The van der Waals surface area contributed by atoms with E-state index in [1.165, 1.54) is 82.5 Å². The molecule has 0 saturated heterocycles. The molecule has 3 heteroatoms. The summed E-state index contributed by atoms with van der Waals surface area (Å²) in [5.74, 6) is 0. The predicted molar refractivity (Wildman–Crippen MR) is 165 cm³/mol. The van der Waals surface area contributed by atoms with E-state index in [1.54, 1.807) is 0 Å². The van der Waals surface area contributed by atoms with Gasteiger partial charge in [-0.05, 0) is 40.2 Å². The molecule has 0 amide bonds. The molecule has 0 N–H and O–H groups in total. The van der Waals surface area contributed by atoms with Crippen molar-refractivity contribution in [1.82, 2.24) is 9.13 Å². The average Bonchev–Trinajstić information content (AvgIpc) is 3.53. The summed E-state index contributed by atoms with van der Waals surface area (Å²) in [4.78, 5) is 0. The minimum atomic E-state index is 0.192. The fraction of sp³-hybridized carbons (Fsp3) is 0. The van der Waals surface area contributed by atoms with Crippen LogP contribution < -0.4 is 16.4 Å². The largest absolute Gasteiger partial charge is 0.310 e. The van der Waals surface area contributed by atoms with Crippen molar-refractivity contribution in [2.24, 2.45) is 0 Å². The molecule has 6 aromatic carbocycles. The van der Waals surface area contributed by atoms with Gasteiger partial charge in [-0.1, -0.05) is 109 Å². The third kappa shape index (κ3) is 2.27. The molecule has 0 fully saturated rings. The summed E-state index contributed by atoms with van der Waals surface area (Å²) < 4.78 is 5.09. The van der Waals surface area contributed by atoms with Crippen LogP contribution in [-0.4, -0.2) is 15.8 Å². The first-order valence-electron chi connectivity index (χ1n) is 13.7. The Kier molecular flexibility index (Phi) is 3.54. The number of aromatic nitrogens is 2. The molecule has 178 valence electrons. The van der Waals surface area contributed by atoms with Gasteiger partial charge in [-0.25, -0.2) is 0 Å². The first kappa shape index (κ1) is 20.0. The number of hydrogen-bond donors (Lipinski definition) is 0. The minimum absolute atomic E-state index is 0.192. The monoisotopic (exact) mass is 492 g/mol. The molecule has 0 saturated carbocycles. The Balaban J connectivity index is 1.48. The van der Waals surface area contributed by atoms with Gasteiger partial charge in [0.1, 0.15) is 0 Å². The highest BCUT2D eigenvalue weighted by atomic mass is 15.0. The van der Waals surface area contributed by atoms with Crippen molar-refractivity contribution in [1.29, 1.82) is 0 Å². The van der Waals surface area contributed by atoms with E-state index in [9.17, 15) is 0 Å². The molecule has 8 aromatic rings. The van der Waals surface area contributed by atoms with Crippen LogP contribution in [0.5, 0.6) is 0 Å². The fourth-order valence-electron chi connectivity index (χ4n) is 7.68. The van der Waals surface area contributed by atoms with Crippen LogP contribution in [0.15, 0.2) is 127 Å². The minimum Gasteiger partial charge on any atom is -0.310 e. The molecule has 0 bridgehead atoms. The zero-order valence-electron chi connectivity index (χ0n) is 21.1. The highest BCUT2D eigenvalue weighted by molar-refractivity contribution is 7.00. The van der Waals surface area contributed by atoms with Crippen molar-refractivity contribution in [3.63, 3.8) is 0 Å². The van der Waals surface area contributed by atoms with E-state index < -0.39 is 0 Å². The van der Waals surface area contributed by atoms with Crippen LogP contribution in [-0.2, 0) is 0 Å². The second-order valence-corrected chi connectivity index (χ2v) is 10.9. The predicted octanol–water partition coefficient (Wildman–Crippen LogP) is 6.69. The smallest absolute Gasteiger partial charge is 0.252 e. The molecule has 0 aliphatic carbocycles. The van der Waals surface area contributed by atoms with Crippen molar-refractivity contribution in [2.75, 3.05) is 0 Å². The van der Waals surface area contributed by atoms with Crippen LogP contribution in [0.1, 0.15) is 0 Å². The quantitative estimate of drug-likeness (QED) is 0.226. The molecule has 2 aliphatic heterocycles. The Morgan fingerprint density at radius 1 is 0.410 bits per heavy atom. The van der Waals surface area contributed by atoms with Crippen LogP contribution in [0.2, 0.25) is 0 Å². The van der Waals surface area contributed by atoms with Gasteiger partial charge in [-0.15, -0.1) is 0 Å². The van der Waals surface area contributed by atoms with Gasteiger partial charge in [0.15, 0.2) is 0 Å². The summed E-state index contributed by atoms with van der Waals surface area (Å²) in [5, 5.41) is 5.29. The summed E-state index contributed by atoms with van der Waals surface area (Å²) in [6.07, 6.45) is 0. The van der Waals surface area contributed by atoms with Crippen molar-refractivity contribution in [3.8, 4) is 22.5 Å². The van der Waals surface area contributed by atoms with E-state index in [0.29, 0.717) is 0 Å². The maximum Gasteiger partial charge on any atom is 0.252 e. The van der Waals surface area contributed by atoms with Crippen LogP contribution in [0.4, 0.5) is 0 Å². The zero-order chi connectivity index (χ0) is 25.2. The molecule has 39 heavy (non-hydrogen) atoms. The standard InChI is InChI=1S/C36H21BN2/c1-2-10-22(11-3-1)23-13-8-14-26-27-20-21-32-33-36(27)39(34(23)26)31-19-7-5-16-28(31)37(33)29-17-9-15-25-24-12-4-6-18-30(24)38(32)35(25)29/h1-21H. The molecule has 0 unspecified atom stereocenters. The Bertz CT molecular complexity index is 2340. The molecular weight excluding hydrogens is 471 g/mol. The lowest BCUT2D eigenvalue weighted by Gasteiger charge is -2.33. The van der Waals surface area contributed by atoms with Crippen LogP contribution >= 0.6 is 0 Å². The Labute approximate surface area is 225 Å². The van der Waals surface area contributed by atoms with Gasteiger partial charge in [0.05, 0.1) is 16.6 Å². The van der Waals surface area contributed by atoms with E-state index in [-0.39, 0.29) is 6.71 Å². The molecule has 2 aromatic heterocycles. The summed E-state index contributed by atoms with van der Waals surface area (Å²) in [7, 11) is 0. The Hall–Kier alpha value is -5.02. The number of nitrogens with zero attached hydrogens (tertiary/aromatic N) is 2. The third-order valence-corrected chi connectivity index (χ3v) is 9.11. The second kappa shape index (κ2) is 6.89. The molecule has 2 aliphatic rings. The second-order valence-electron chi connectivity index (χ2n) is 10.9. The maximum atomic E-state index is 2.56. The topological polar surface area (TPSA) is 9.86 Å². The van der Waals surface area contributed by atoms with Crippen LogP contribution in [0.25, 0.3) is 66.1 Å². The Morgan fingerprint density at radius 2 is 1.10 bits per heavy atom. The number of para-hydroxylation sites is 4. The molecule has 10 rings (SSSR count). The third-order valence-electron chi connectivity index (χ3n) is 9.11. The van der Waals surface area contributed by atoms with E-state index in [2.05, 4.69) is 137 Å². The van der Waals surface area contributed by atoms with Crippen molar-refractivity contribution >= 4 is 66.7 Å². The molecule has 0 spiro atoms. The van der Waals surface area contributed by atoms with Gasteiger partial charge in [-0.2, -0.15) is 0 Å². The summed E-state index contributed by atoms with van der Waals surface area (Å²) in [6.45, 7) is 0.192. The normalized spacial score (nSPS) is 13.1. The molecule has 0 radical (unpaired) electrons. The molecule has 4 heterocycles. The van der Waals surface area contributed by atoms with Crippen molar-refractivity contribution in [2.45, 2.75) is 0 Å². The maximum absolute atomic E-state index is 2.56. The lowest BCUT2D eigenvalue weighted by molar-refractivity contribution is 1.16. The SMILES string of the molecule is c1ccc(-c2cccc3c4ccc5c6c4n(c23)-c2ccccc2B6c2cccc3c4ccccc4n-5c23)cc1. The number of benzene rings is 6. The highest BCUT2D eigenvalue weighted by Gasteiger charge is 2.40. The van der Waals surface area contributed by atoms with E-state index >= 15 is 0 Å². The summed E-state index contributed by atoms with van der Waals surface area (Å²) in [6, 6.07) is 47.2. The van der Waals surface area contributed by atoms with Crippen molar-refractivity contribution in [3.05, 3.63) is 127 Å². The van der Waals surface area contributed by atoms with Gasteiger partial charge in [0.25, 0.3) is 6.71 Å². The average molecular weight is 492 g/mol. The summed E-state index contributed by atoms with van der Waals surface area (Å²) in [5.41, 5.74) is 14.6. The lowest BCUT2D eigenvalue weighted by atomic mass is 9.34. The van der Waals surface area contributed by atoms with Crippen LogP contribution in [0.3, 0.4) is 0 Å². The zero-order valence-corrected chi connectivity index (χ0v) is 21.1. The number of hydrogen-bond acceptors (Lipinski definition) is 0. The lowest BCUT2D eigenvalue weighted by Crippen LogP contribution is -2.59. The van der Waals surface area contributed by atoms with Crippen molar-refractivity contribution < 1.29 is 0 Å². The molecule has 2 nitrogen and oxygen atoms in total.